The molecule has 4 rings (SSSR count). The highest BCUT2D eigenvalue weighted by Crippen LogP contribution is 2.46. The number of methoxy groups -OCH3 is 1. The van der Waals surface area contributed by atoms with Crippen molar-refractivity contribution >= 4 is 23.2 Å². The van der Waals surface area contributed by atoms with Crippen LogP contribution in [-0.4, -0.2) is 12.1 Å². The van der Waals surface area contributed by atoms with E-state index in [0.29, 0.717) is 21.5 Å². The van der Waals surface area contributed by atoms with E-state index in [0.717, 1.165) is 40.8 Å². The number of hydrogen-bond acceptors (Lipinski definition) is 3. The Hall–Kier alpha value is -2.54. The van der Waals surface area contributed by atoms with Crippen LogP contribution in [0.2, 0.25) is 10.0 Å². The molecule has 0 fully saturated rings. The number of aryl methyl sites for hydroxylation is 2. The first-order valence-corrected chi connectivity index (χ1v) is 8.94. The van der Waals surface area contributed by atoms with Crippen molar-refractivity contribution in [1.82, 2.24) is 4.98 Å². The van der Waals surface area contributed by atoms with E-state index in [9.17, 15) is 5.26 Å². The molecule has 128 valence electrons. The quantitative estimate of drug-likeness (QED) is 0.572. The molecule has 0 spiro atoms. The lowest BCUT2D eigenvalue weighted by Gasteiger charge is -2.24. The van der Waals surface area contributed by atoms with Crippen LogP contribution < -0.4 is 4.74 Å². The number of ether oxygens (including phenoxy) is 1. The van der Waals surface area contributed by atoms with Gasteiger partial charge < -0.3 is 4.74 Å². The lowest BCUT2D eigenvalue weighted by Crippen LogP contribution is -2.10. The Bertz CT molecular complexity index is 1070. The van der Waals surface area contributed by atoms with Gasteiger partial charge in [-0.25, -0.2) is 4.98 Å². The number of halogens is 2. The van der Waals surface area contributed by atoms with Gasteiger partial charge in [0.1, 0.15) is 11.6 Å². The molecule has 0 aliphatic heterocycles. The predicted molar refractivity (Wildman–Crippen MR) is 104 cm³/mol. The van der Waals surface area contributed by atoms with Crippen LogP contribution in [0.15, 0.2) is 42.5 Å². The Morgan fingerprint density at radius 1 is 1.04 bits per heavy atom. The van der Waals surface area contributed by atoms with Crippen LogP contribution >= 0.6 is 23.2 Å². The van der Waals surface area contributed by atoms with Crippen molar-refractivity contribution in [3.8, 4) is 34.2 Å². The van der Waals surface area contributed by atoms with Crippen LogP contribution in [0.25, 0.3) is 22.3 Å². The van der Waals surface area contributed by atoms with E-state index in [1.165, 1.54) is 12.7 Å². The maximum Gasteiger partial charge on any atom is 0.232 e. The molecule has 0 amide bonds. The minimum Gasteiger partial charge on any atom is -0.480 e. The van der Waals surface area contributed by atoms with Gasteiger partial charge >= 0.3 is 0 Å². The second-order valence-corrected chi connectivity index (χ2v) is 6.93. The maximum absolute atomic E-state index is 9.85. The Kier molecular flexibility index (Phi) is 4.32. The molecule has 0 saturated carbocycles. The normalized spacial score (nSPS) is 12.1. The Labute approximate surface area is 161 Å². The van der Waals surface area contributed by atoms with Gasteiger partial charge in [0.25, 0.3) is 0 Å². The molecule has 5 heteroatoms. The van der Waals surface area contributed by atoms with Gasteiger partial charge in [-0.1, -0.05) is 53.5 Å². The second-order valence-electron chi connectivity index (χ2n) is 6.09. The number of rotatable bonds is 2. The monoisotopic (exact) mass is 380 g/mol. The summed E-state index contributed by atoms with van der Waals surface area (Å²) >= 11 is 12.6. The summed E-state index contributed by atoms with van der Waals surface area (Å²) in [5, 5.41) is 10.9. The molecular formula is C21H14Cl2N2O. The topological polar surface area (TPSA) is 45.9 Å². The highest BCUT2D eigenvalue weighted by molar-refractivity contribution is 6.36. The van der Waals surface area contributed by atoms with Crippen LogP contribution in [0.4, 0.5) is 0 Å². The van der Waals surface area contributed by atoms with E-state index in [-0.39, 0.29) is 0 Å². The summed E-state index contributed by atoms with van der Waals surface area (Å²) in [5.41, 5.74) is 6.08. The summed E-state index contributed by atoms with van der Waals surface area (Å²) in [4.78, 5) is 4.62. The second kappa shape index (κ2) is 6.64. The molecule has 1 heterocycles. The highest BCUT2D eigenvalue weighted by atomic mass is 35.5. The molecule has 0 N–H and O–H groups in total. The molecule has 0 atom stereocenters. The lowest BCUT2D eigenvalue weighted by atomic mass is 9.82. The van der Waals surface area contributed by atoms with Gasteiger partial charge in [-0.15, -0.1) is 0 Å². The fraction of sp³-hybridized carbons (Fsp3) is 0.143. The molecule has 1 aromatic heterocycles. The van der Waals surface area contributed by atoms with E-state index in [2.05, 4.69) is 23.2 Å². The van der Waals surface area contributed by atoms with Crippen LogP contribution in [0.5, 0.6) is 5.88 Å². The van der Waals surface area contributed by atoms with Crippen molar-refractivity contribution in [2.24, 2.45) is 0 Å². The van der Waals surface area contributed by atoms with Gasteiger partial charge in [0.15, 0.2) is 0 Å². The fourth-order valence-electron chi connectivity index (χ4n) is 3.53. The summed E-state index contributed by atoms with van der Waals surface area (Å²) in [6, 6.07) is 15.8. The Balaban J connectivity index is 2.15. The van der Waals surface area contributed by atoms with Gasteiger partial charge in [0.2, 0.25) is 5.88 Å². The van der Waals surface area contributed by atoms with Gasteiger partial charge in [-0.3, -0.25) is 0 Å². The molecule has 26 heavy (non-hydrogen) atoms. The van der Waals surface area contributed by atoms with Crippen LogP contribution in [0, 0.1) is 11.3 Å². The van der Waals surface area contributed by atoms with Crippen LogP contribution in [0.3, 0.4) is 0 Å². The standard InChI is InChI=1S/C21H14Cl2N2O/c1-26-21-16(11-24)19(15-8-7-13(22)10-17(15)23)20-14-5-3-2-4-12(14)6-9-18(20)25-21/h2-5,7-8,10H,6,9H2,1H3. The number of benzene rings is 2. The molecule has 0 saturated heterocycles. The van der Waals surface area contributed by atoms with E-state index < -0.39 is 0 Å². The third-order valence-electron chi connectivity index (χ3n) is 4.66. The number of fused-ring (bicyclic) bond motifs is 3. The smallest absolute Gasteiger partial charge is 0.232 e. The molecule has 1 aliphatic rings. The summed E-state index contributed by atoms with van der Waals surface area (Å²) < 4.78 is 5.41. The van der Waals surface area contributed by atoms with Crippen molar-refractivity contribution in [2.45, 2.75) is 12.8 Å². The largest absolute Gasteiger partial charge is 0.480 e. The van der Waals surface area contributed by atoms with E-state index in [4.69, 9.17) is 27.9 Å². The summed E-state index contributed by atoms with van der Waals surface area (Å²) in [6.07, 6.45) is 1.69. The van der Waals surface area contributed by atoms with Crippen LogP contribution in [0.1, 0.15) is 16.8 Å². The van der Waals surface area contributed by atoms with Crippen molar-refractivity contribution in [3.05, 3.63) is 69.3 Å². The molecule has 0 radical (unpaired) electrons. The molecule has 2 aromatic carbocycles. The fourth-order valence-corrected chi connectivity index (χ4v) is 4.03. The van der Waals surface area contributed by atoms with Crippen molar-refractivity contribution in [1.29, 1.82) is 5.26 Å². The minimum absolute atomic E-state index is 0.326. The first kappa shape index (κ1) is 16.9. The molecule has 3 nitrogen and oxygen atoms in total. The van der Waals surface area contributed by atoms with Crippen molar-refractivity contribution in [2.75, 3.05) is 7.11 Å². The van der Waals surface area contributed by atoms with Gasteiger partial charge in [0.05, 0.1) is 12.8 Å². The zero-order chi connectivity index (χ0) is 18.3. The third kappa shape index (κ3) is 2.63. The predicted octanol–water partition coefficient (Wildman–Crippen LogP) is 5.70. The molecule has 3 aromatic rings. The molecular weight excluding hydrogens is 367 g/mol. The minimum atomic E-state index is 0.326. The first-order chi connectivity index (χ1) is 12.6. The maximum atomic E-state index is 9.85. The summed E-state index contributed by atoms with van der Waals surface area (Å²) in [7, 11) is 1.53. The van der Waals surface area contributed by atoms with E-state index in [1.54, 1.807) is 12.1 Å². The van der Waals surface area contributed by atoms with Gasteiger partial charge in [0, 0.05) is 26.7 Å². The third-order valence-corrected chi connectivity index (χ3v) is 5.21. The van der Waals surface area contributed by atoms with Crippen molar-refractivity contribution < 1.29 is 4.74 Å². The van der Waals surface area contributed by atoms with Crippen LogP contribution in [-0.2, 0) is 12.8 Å². The zero-order valence-corrected chi connectivity index (χ0v) is 15.5. The molecule has 0 bridgehead atoms. The average Bonchev–Trinajstić information content (AvgIpc) is 2.66. The number of nitrogens with zero attached hydrogens (tertiary/aromatic N) is 2. The summed E-state index contributed by atoms with van der Waals surface area (Å²) in [6.45, 7) is 0. The molecule has 1 aliphatic carbocycles. The van der Waals surface area contributed by atoms with Gasteiger partial charge in [-0.2, -0.15) is 5.26 Å². The van der Waals surface area contributed by atoms with E-state index in [1.807, 2.05) is 18.2 Å². The Morgan fingerprint density at radius 2 is 1.85 bits per heavy atom. The zero-order valence-electron chi connectivity index (χ0n) is 14.0. The number of hydrogen-bond donors (Lipinski definition) is 0. The van der Waals surface area contributed by atoms with Crippen molar-refractivity contribution in [3.63, 3.8) is 0 Å². The Morgan fingerprint density at radius 3 is 2.58 bits per heavy atom. The first-order valence-electron chi connectivity index (χ1n) is 8.18. The number of nitriles is 1. The average molecular weight is 381 g/mol. The lowest BCUT2D eigenvalue weighted by molar-refractivity contribution is 0.395. The van der Waals surface area contributed by atoms with Gasteiger partial charge in [-0.05, 0) is 36.1 Å². The summed E-state index contributed by atoms with van der Waals surface area (Å²) in [5.74, 6) is 0.326. The SMILES string of the molecule is COc1nc2c(c(-c3ccc(Cl)cc3Cl)c1C#N)-c1ccccc1CC2. The highest BCUT2D eigenvalue weighted by Gasteiger charge is 2.27. The number of aromatic nitrogens is 1. The molecule has 0 unspecified atom stereocenters. The number of pyridine rings is 1. The van der Waals surface area contributed by atoms with E-state index >= 15 is 0 Å².